The highest BCUT2D eigenvalue weighted by atomic mass is 32.1. The minimum absolute atomic E-state index is 0.0289. The van der Waals surface area contributed by atoms with E-state index in [1.54, 1.807) is 0 Å². The fourth-order valence-corrected chi connectivity index (χ4v) is 4.02. The first-order chi connectivity index (χ1) is 15.3. The van der Waals surface area contributed by atoms with Gasteiger partial charge in [0.15, 0.2) is 0 Å². The maximum atomic E-state index is 12.8. The topological polar surface area (TPSA) is 99.1 Å². The third-order valence-electron chi connectivity index (χ3n) is 4.84. The van der Waals surface area contributed by atoms with E-state index in [1.807, 2.05) is 6.92 Å². The molecule has 1 amide bonds. The monoisotopic (exact) mass is 467 g/mol. The maximum Gasteiger partial charge on any atom is 0.416 e. The molecule has 0 bridgehead atoms. The van der Waals surface area contributed by atoms with Crippen molar-refractivity contribution >= 4 is 28.3 Å². The highest BCUT2D eigenvalue weighted by molar-refractivity contribution is 7.13. The number of halogens is 3. The molecule has 170 valence electrons. The van der Waals surface area contributed by atoms with Gasteiger partial charge in [0, 0.05) is 0 Å². The van der Waals surface area contributed by atoms with Crippen molar-refractivity contribution in [2.45, 2.75) is 44.5 Å². The quantitative estimate of drug-likeness (QED) is 0.586. The highest BCUT2D eigenvalue weighted by Crippen LogP contribution is 2.33. The molecule has 0 spiro atoms. The first kappa shape index (κ1) is 22.3. The molecular formula is C20H20F3N5O3S. The molecule has 12 heteroatoms. The summed E-state index contributed by atoms with van der Waals surface area (Å²) in [6, 6.07) is 2.80. The van der Waals surface area contributed by atoms with Crippen LogP contribution in [0.3, 0.4) is 0 Å². The first-order valence-corrected chi connectivity index (χ1v) is 10.9. The van der Waals surface area contributed by atoms with Crippen LogP contribution in [-0.4, -0.2) is 45.3 Å². The fraction of sp³-hybridized carbons (Fsp3) is 0.450. The van der Waals surface area contributed by atoms with E-state index >= 15 is 0 Å². The van der Waals surface area contributed by atoms with Gasteiger partial charge >= 0.3 is 6.18 Å². The van der Waals surface area contributed by atoms with Gasteiger partial charge < -0.3 is 14.8 Å². The number of carbonyl (C=O) groups is 1. The molecule has 1 N–H and O–H groups in total. The molecule has 0 aliphatic carbocycles. The van der Waals surface area contributed by atoms with Crippen LogP contribution in [0.2, 0.25) is 0 Å². The van der Waals surface area contributed by atoms with E-state index in [1.165, 1.54) is 23.6 Å². The standard InChI is InChI=1S/C20H20F3N5O3S/c1-2-7-30-19-28-27-18(32-19)16-6-4-12(10-31-16)25-17(29)15-9-24-14-8-11(20(21,22)23)3-5-13(14)26-15/h3,5,8-9,12,16H,2,4,6-7,10H2,1H3,(H,25,29)/t12-,16+/m1/s1. The van der Waals surface area contributed by atoms with Crippen molar-refractivity contribution in [3.63, 3.8) is 0 Å². The zero-order valence-corrected chi connectivity index (χ0v) is 17.9. The Bertz CT molecular complexity index is 1100. The average molecular weight is 467 g/mol. The Hall–Kier alpha value is -2.86. The number of benzene rings is 1. The molecule has 1 fully saturated rings. The lowest BCUT2D eigenvalue weighted by atomic mass is 10.1. The Balaban J connectivity index is 1.34. The number of hydrogen-bond donors (Lipinski definition) is 1. The second-order valence-electron chi connectivity index (χ2n) is 7.28. The average Bonchev–Trinajstić information content (AvgIpc) is 3.26. The van der Waals surface area contributed by atoms with Gasteiger partial charge in [0.25, 0.3) is 11.1 Å². The third-order valence-corrected chi connectivity index (χ3v) is 5.77. The predicted molar refractivity (Wildman–Crippen MR) is 109 cm³/mol. The van der Waals surface area contributed by atoms with Crippen LogP contribution in [0.15, 0.2) is 24.4 Å². The van der Waals surface area contributed by atoms with E-state index in [-0.39, 0.29) is 35.5 Å². The van der Waals surface area contributed by atoms with E-state index in [0.717, 1.165) is 23.6 Å². The Morgan fingerprint density at radius 2 is 2.12 bits per heavy atom. The van der Waals surface area contributed by atoms with Gasteiger partial charge in [-0.2, -0.15) is 13.2 Å². The summed E-state index contributed by atoms with van der Waals surface area (Å²) in [6.07, 6.45) is -1.31. The number of fused-ring (bicyclic) bond motifs is 1. The van der Waals surface area contributed by atoms with Gasteiger partial charge in [0.05, 0.1) is 42.0 Å². The fourth-order valence-electron chi connectivity index (χ4n) is 3.21. The molecule has 8 nitrogen and oxygen atoms in total. The molecule has 0 radical (unpaired) electrons. The molecule has 0 saturated carbocycles. The van der Waals surface area contributed by atoms with E-state index in [0.29, 0.717) is 24.6 Å². The Labute approximate surface area is 185 Å². The van der Waals surface area contributed by atoms with Crippen LogP contribution in [-0.2, 0) is 10.9 Å². The number of carbonyl (C=O) groups excluding carboxylic acids is 1. The SMILES string of the molecule is CCCOc1nnc([C@@H]2CC[C@@H](NC(=O)c3cnc4cc(C(F)(F)F)ccc4n3)CO2)s1. The van der Waals surface area contributed by atoms with Crippen LogP contribution in [0.1, 0.15) is 53.3 Å². The van der Waals surface area contributed by atoms with Crippen LogP contribution in [0.25, 0.3) is 11.0 Å². The number of nitrogens with one attached hydrogen (secondary N) is 1. The molecule has 32 heavy (non-hydrogen) atoms. The zero-order chi connectivity index (χ0) is 22.7. The third kappa shape index (κ3) is 5.13. The summed E-state index contributed by atoms with van der Waals surface area (Å²) >= 11 is 1.35. The largest absolute Gasteiger partial charge is 0.469 e. The molecule has 1 aliphatic rings. The van der Waals surface area contributed by atoms with E-state index < -0.39 is 17.6 Å². The van der Waals surface area contributed by atoms with E-state index in [9.17, 15) is 18.0 Å². The van der Waals surface area contributed by atoms with Gasteiger partial charge in [-0.3, -0.25) is 9.78 Å². The summed E-state index contributed by atoms with van der Waals surface area (Å²) in [7, 11) is 0. The van der Waals surface area contributed by atoms with Crippen molar-refractivity contribution in [1.82, 2.24) is 25.5 Å². The number of amides is 1. The summed E-state index contributed by atoms with van der Waals surface area (Å²) in [5, 5.41) is 12.2. The summed E-state index contributed by atoms with van der Waals surface area (Å²) in [4.78, 5) is 20.7. The molecule has 1 aliphatic heterocycles. The number of hydrogen-bond acceptors (Lipinski definition) is 8. The second kappa shape index (κ2) is 9.33. The molecule has 1 aromatic carbocycles. The van der Waals surface area contributed by atoms with Crippen LogP contribution in [0.5, 0.6) is 5.19 Å². The van der Waals surface area contributed by atoms with Crippen molar-refractivity contribution in [3.05, 3.63) is 40.7 Å². The Kier molecular flexibility index (Phi) is 6.51. The van der Waals surface area contributed by atoms with Gasteiger partial charge in [-0.25, -0.2) is 4.98 Å². The normalized spacial score (nSPS) is 19.1. The summed E-state index contributed by atoms with van der Waals surface area (Å²) in [6.45, 7) is 2.88. The molecule has 2 aromatic heterocycles. The van der Waals surface area contributed by atoms with E-state index in [4.69, 9.17) is 9.47 Å². The molecular weight excluding hydrogens is 447 g/mol. The van der Waals surface area contributed by atoms with Gasteiger partial charge in [-0.15, -0.1) is 5.10 Å². The lowest BCUT2D eigenvalue weighted by Crippen LogP contribution is -2.41. The number of ether oxygens (including phenoxy) is 2. The van der Waals surface area contributed by atoms with Crippen molar-refractivity contribution < 1.29 is 27.4 Å². The molecule has 0 unspecified atom stereocenters. The van der Waals surface area contributed by atoms with Gasteiger partial charge in [-0.05, 0) is 37.5 Å². The zero-order valence-electron chi connectivity index (χ0n) is 17.1. The minimum Gasteiger partial charge on any atom is -0.469 e. The highest BCUT2D eigenvalue weighted by Gasteiger charge is 2.31. The van der Waals surface area contributed by atoms with Crippen molar-refractivity contribution in [2.75, 3.05) is 13.2 Å². The minimum atomic E-state index is -4.47. The van der Waals surface area contributed by atoms with Crippen LogP contribution < -0.4 is 10.1 Å². The second-order valence-corrected chi connectivity index (χ2v) is 8.25. The van der Waals surface area contributed by atoms with E-state index in [2.05, 4.69) is 25.5 Å². The van der Waals surface area contributed by atoms with Crippen LogP contribution >= 0.6 is 11.3 Å². The van der Waals surface area contributed by atoms with Gasteiger partial charge in [0.1, 0.15) is 16.8 Å². The lowest BCUT2D eigenvalue weighted by Gasteiger charge is -2.28. The van der Waals surface area contributed by atoms with Crippen LogP contribution in [0.4, 0.5) is 13.2 Å². The van der Waals surface area contributed by atoms with Gasteiger partial charge in [0.2, 0.25) is 0 Å². The van der Waals surface area contributed by atoms with Crippen molar-refractivity contribution in [1.29, 1.82) is 0 Å². The first-order valence-electron chi connectivity index (χ1n) is 10.1. The predicted octanol–water partition coefficient (Wildman–Crippen LogP) is 3.94. The molecule has 4 rings (SSSR count). The summed E-state index contributed by atoms with van der Waals surface area (Å²) in [5.74, 6) is -0.461. The molecule has 3 aromatic rings. The lowest BCUT2D eigenvalue weighted by molar-refractivity contribution is -0.137. The van der Waals surface area contributed by atoms with Crippen molar-refractivity contribution in [2.24, 2.45) is 0 Å². The molecule has 2 atom stereocenters. The summed E-state index contributed by atoms with van der Waals surface area (Å²) < 4.78 is 49.8. The number of nitrogens with zero attached hydrogens (tertiary/aromatic N) is 4. The number of alkyl halides is 3. The Morgan fingerprint density at radius 1 is 1.28 bits per heavy atom. The molecule has 1 saturated heterocycles. The van der Waals surface area contributed by atoms with Crippen LogP contribution in [0, 0.1) is 0 Å². The van der Waals surface area contributed by atoms with Crippen molar-refractivity contribution in [3.8, 4) is 5.19 Å². The smallest absolute Gasteiger partial charge is 0.416 e. The van der Waals surface area contributed by atoms with Gasteiger partial charge in [-0.1, -0.05) is 23.4 Å². The Morgan fingerprint density at radius 3 is 2.84 bits per heavy atom. The summed E-state index contributed by atoms with van der Waals surface area (Å²) in [5.41, 5.74) is -0.506. The molecule has 3 heterocycles. The number of rotatable bonds is 6. The number of aromatic nitrogens is 4. The maximum absolute atomic E-state index is 12.8.